The molecule has 1 aliphatic carbocycles. The minimum absolute atomic E-state index is 0.0812. The number of rotatable bonds is 7. The average molecular weight is 439 g/mol. The molecule has 6 N–H and O–H groups in total. The molecule has 10 heteroatoms. The first-order valence-corrected chi connectivity index (χ1v) is 10.1. The van der Waals surface area contributed by atoms with Gasteiger partial charge < -0.3 is 16.2 Å². The summed E-state index contributed by atoms with van der Waals surface area (Å²) in [5, 5.41) is 20.5. The van der Waals surface area contributed by atoms with Gasteiger partial charge in [-0.2, -0.15) is 0 Å². The van der Waals surface area contributed by atoms with Gasteiger partial charge in [0.2, 0.25) is 0 Å². The van der Waals surface area contributed by atoms with Crippen LogP contribution in [0.5, 0.6) is 0 Å². The number of carboxylic acid groups (broad SMARTS) is 1. The SMILES string of the molecule is CCC1(C(=O)NN2C(=O)CNC(=O)c3ccccc32)C=CC(CCC(=O)O)(C(=N)N)C=C1. The topological polar surface area (TPSA) is 166 Å². The van der Waals surface area contributed by atoms with Crippen molar-refractivity contribution >= 4 is 35.2 Å². The summed E-state index contributed by atoms with van der Waals surface area (Å²) in [6.07, 6.45) is 6.54. The molecule has 0 radical (unpaired) electrons. The van der Waals surface area contributed by atoms with E-state index in [1.54, 1.807) is 55.5 Å². The number of hydrogen-bond donors (Lipinski definition) is 5. The molecule has 2 aliphatic rings. The van der Waals surface area contributed by atoms with Gasteiger partial charge in [0.25, 0.3) is 17.7 Å². The van der Waals surface area contributed by atoms with Crippen molar-refractivity contribution in [3.05, 3.63) is 54.1 Å². The van der Waals surface area contributed by atoms with E-state index in [0.29, 0.717) is 6.42 Å². The number of para-hydroxylation sites is 1. The monoisotopic (exact) mass is 439 g/mol. The van der Waals surface area contributed by atoms with Crippen LogP contribution in [0.15, 0.2) is 48.6 Å². The molecule has 0 saturated heterocycles. The summed E-state index contributed by atoms with van der Waals surface area (Å²) in [5.41, 5.74) is 6.63. The maximum absolute atomic E-state index is 13.3. The molecule has 0 atom stereocenters. The van der Waals surface area contributed by atoms with Gasteiger partial charge in [0.1, 0.15) is 5.84 Å². The molecule has 10 nitrogen and oxygen atoms in total. The largest absolute Gasteiger partial charge is 0.481 e. The van der Waals surface area contributed by atoms with Crippen LogP contribution >= 0.6 is 0 Å². The van der Waals surface area contributed by atoms with Crippen LogP contribution in [0, 0.1) is 16.2 Å². The number of aliphatic carboxylic acids is 1. The third kappa shape index (κ3) is 4.11. The van der Waals surface area contributed by atoms with Crippen molar-refractivity contribution in [2.45, 2.75) is 26.2 Å². The Morgan fingerprint density at radius 3 is 2.41 bits per heavy atom. The van der Waals surface area contributed by atoms with Gasteiger partial charge in [-0.15, -0.1) is 0 Å². The van der Waals surface area contributed by atoms with Gasteiger partial charge in [-0.05, 0) is 25.0 Å². The Hall–Kier alpha value is -3.95. The third-order valence-electron chi connectivity index (χ3n) is 5.87. The highest BCUT2D eigenvalue weighted by Gasteiger charge is 2.41. The number of hydrogen-bond acceptors (Lipinski definition) is 5. The molecule has 32 heavy (non-hydrogen) atoms. The zero-order valence-corrected chi connectivity index (χ0v) is 17.6. The first kappa shape index (κ1) is 22.7. The summed E-state index contributed by atoms with van der Waals surface area (Å²) >= 11 is 0. The quantitative estimate of drug-likeness (QED) is 0.242. The highest BCUT2D eigenvalue weighted by molar-refractivity contribution is 6.10. The molecule has 0 bridgehead atoms. The van der Waals surface area contributed by atoms with Crippen molar-refractivity contribution in [1.29, 1.82) is 5.41 Å². The Kier molecular flexibility index (Phi) is 6.15. The maximum Gasteiger partial charge on any atom is 0.303 e. The number of amides is 3. The van der Waals surface area contributed by atoms with Crippen molar-refractivity contribution in [1.82, 2.24) is 10.7 Å². The Balaban J connectivity index is 1.90. The van der Waals surface area contributed by atoms with Crippen LogP contribution in [0.1, 0.15) is 36.5 Å². The number of nitrogens with zero attached hydrogens (tertiary/aromatic N) is 1. The van der Waals surface area contributed by atoms with Gasteiger partial charge in [0, 0.05) is 6.42 Å². The second kappa shape index (κ2) is 8.66. The van der Waals surface area contributed by atoms with Crippen LogP contribution < -0.4 is 21.5 Å². The standard InChI is InChI=1S/C22H25N5O5/c1-2-21(9-11-22(12-10-21,19(23)24)8-7-17(29)30)20(32)26-27-15-6-4-3-5-14(15)18(31)25-13-16(27)28/h3-6,9-12H,2,7-8,13H2,1H3,(H3,23,24)(H,25,31)(H,26,32)(H,29,30). The van der Waals surface area contributed by atoms with Crippen LogP contribution in [-0.2, 0) is 14.4 Å². The fourth-order valence-corrected chi connectivity index (χ4v) is 3.70. The number of anilines is 1. The second-order valence-corrected chi connectivity index (χ2v) is 7.78. The zero-order valence-electron chi connectivity index (χ0n) is 17.6. The van der Waals surface area contributed by atoms with Crippen LogP contribution in [0.2, 0.25) is 0 Å². The Morgan fingerprint density at radius 1 is 1.19 bits per heavy atom. The predicted octanol–water partition coefficient (Wildman–Crippen LogP) is 1.10. The van der Waals surface area contributed by atoms with Crippen LogP contribution in [0.4, 0.5) is 5.69 Å². The molecule has 3 amide bonds. The van der Waals surface area contributed by atoms with Gasteiger partial charge >= 0.3 is 5.97 Å². The lowest BCUT2D eigenvalue weighted by Crippen LogP contribution is -2.53. The molecule has 3 rings (SSSR count). The molecule has 168 valence electrons. The molecule has 0 fully saturated rings. The molecule has 0 unspecified atom stereocenters. The third-order valence-corrected chi connectivity index (χ3v) is 5.87. The van der Waals surface area contributed by atoms with Crippen LogP contribution in [-0.4, -0.2) is 41.2 Å². The number of fused-ring (bicyclic) bond motifs is 1. The fourth-order valence-electron chi connectivity index (χ4n) is 3.70. The van der Waals surface area contributed by atoms with Crippen LogP contribution in [0.3, 0.4) is 0 Å². The maximum atomic E-state index is 13.3. The zero-order chi connectivity index (χ0) is 23.5. The van der Waals surface area contributed by atoms with E-state index in [9.17, 15) is 19.2 Å². The molecule has 0 aromatic heterocycles. The summed E-state index contributed by atoms with van der Waals surface area (Å²) in [4.78, 5) is 49.2. The van der Waals surface area contributed by atoms with E-state index in [4.69, 9.17) is 16.2 Å². The van der Waals surface area contributed by atoms with Gasteiger partial charge in [-0.25, -0.2) is 5.01 Å². The summed E-state index contributed by atoms with van der Waals surface area (Å²) in [6.45, 7) is 1.51. The molecule has 1 aromatic carbocycles. The van der Waals surface area contributed by atoms with Crippen molar-refractivity contribution < 1.29 is 24.3 Å². The first-order valence-electron chi connectivity index (χ1n) is 10.1. The number of nitrogens with two attached hydrogens (primary N) is 1. The number of hydrazine groups is 1. The van der Waals surface area contributed by atoms with E-state index in [-0.39, 0.29) is 36.5 Å². The minimum atomic E-state index is -1.15. The van der Waals surface area contributed by atoms with E-state index in [2.05, 4.69) is 10.7 Å². The highest BCUT2D eigenvalue weighted by Crippen LogP contribution is 2.39. The lowest BCUT2D eigenvalue weighted by Gasteiger charge is -2.36. The van der Waals surface area contributed by atoms with E-state index >= 15 is 0 Å². The molecular weight excluding hydrogens is 414 g/mol. The lowest BCUT2D eigenvalue weighted by molar-refractivity contribution is -0.137. The summed E-state index contributed by atoms with van der Waals surface area (Å²) in [5.74, 6) is -2.68. The number of carbonyl (C=O) groups excluding carboxylic acids is 3. The first-order chi connectivity index (χ1) is 15.1. The Labute approximate surface area is 184 Å². The fraction of sp³-hybridized carbons (Fsp3) is 0.318. The number of carboxylic acids is 1. The Morgan fingerprint density at radius 2 is 1.81 bits per heavy atom. The minimum Gasteiger partial charge on any atom is -0.481 e. The Bertz CT molecular complexity index is 1030. The van der Waals surface area contributed by atoms with Crippen LogP contribution in [0.25, 0.3) is 0 Å². The van der Waals surface area contributed by atoms with Crippen molar-refractivity contribution in [3.8, 4) is 0 Å². The van der Waals surface area contributed by atoms with E-state index in [0.717, 1.165) is 5.01 Å². The lowest BCUT2D eigenvalue weighted by atomic mass is 9.70. The summed E-state index contributed by atoms with van der Waals surface area (Å²) in [6, 6.07) is 6.44. The number of benzene rings is 1. The molecular formula is C22H25N5O5. The molecule has 1 heterocycles. The van der Waals surface area contributed by atoms with E-state index in [1.165, 1.54) is 0 Å². The second-order valence-electron chi connectivity index (χ2n) is 7.78. The highest BCUT2D eigenvalue weighted by atomic mass is 16.4. The van der Waals surface area contributed by atoms with E-state index < -0.39 is 34.5 Å². The van der Waals surface area contributed by atoms with Crippen molar-refractivity contribution in [2.24, 2.45) is 16.6 Å². The van der Waals surface area contributed by atoms with Crippen molar-refractivity contribution in [2.75, 3.05) is 11.6 Å². The molecule has 0 saturated carbocycles. The van der Waals surface area contributed by atoms with Gasteiger partial charge in [0.05, 0.1) is 28.6 Å². The van der Waals surface area contributed by atoms with E-state index in [1.807, 2.05) is 0 Å². The number of nitrogens with one attached hydrogen (secondary N) is 3. The van der Waals surface area contributed by atoms with Gasteiger partial charge in [0.15, 0.2) is 0 Å². The molecule has 0 spiro atoms. The summed E-state index contributed by atoms with van der Waals surface area (Å²) in [7, 11) is 0. The summed E-state index contributed by atoms with van der Waals surface area (Å²) < 4.78 is 0. The van der Waals surface area contributed by atoms with Crippen molar-refractivity contribution in [3.63, 3.8) is 0 Å². The predicted molar refractivity (Wildman–Crippen MR) is 117 cm³/mol. The molecule has 1 aromatic rings. The van der Waals surface area contributed by atoms with Gasteiger partial charge in [-0.3, -0.25) is 30.0 Å². The van der Waals surface area contributed by atoms with Gasteiger partial charge in [-0.1, -0.05) is 43.4 Å². The smallest absolute Gasteiger partial charge is 0.303 e. The molecule has 1 aliphatic heterocycles. The number of carbonyl (C=O) groups is 4. The normalized spacial score (nSPS) is 24.3. The number of amidine groups is 1. The average Bonchev–Trinajstić information content (AvgIpc) is 2.90.